The first-order valence-corrected chi connectivity index (χ1v) is 14.1. The topological polar surface area (TPSA) is 13.1 Å². The van der Waals surface area contributed by atoms with Gasteiger partial charge in [-0.15, -0.1) is 0 Å². The number of hydrogen-bond acceptors (Lipinski definition) is 1. The Morgan fingerprint density at radius 3 is 2.02 bits per heavy atom. The Labute approximate surface area is 234 Å². The number of likely N-dealkylation sites (N-methyl/N-ethyl adjacent to an activating group) is 1. The predicted octanol–water partition coefficient (Wildman–Crippen LogP) is 10.2. The first-order chi connectivity index (χ1) is 19.6. The highest BCUT2D eigenvalue weighted by Gasteiger charge is 2.49. The van der Waals surface area contributed by atoms with Gasteiger partial charge in [0.05, 0.1) is 12.6 Å². The summed E-state index contributed by atoms with van der Waals surface area (Å²) in [5.74, 6) is 0.364. The molecule has 3 unspecified atom stereocenters. The van der Waals surface area contributed by atoms with Crippen LogP contribution in [-0.4, -0.2) is 7.05 Å². The van der Waals surface area contributed by atoms with E-state index in [1.807, 2.05) is 0 Å². The quantitative estimate of drug-likeness (QED) is 0.212. The maximum atomic E-state index is 6.69. The molecule has 0 spiro atoms. The molecule has 0 saturated carbocycles. The van der Waals surface area contributed by atoms with Crippen molar-refractivity contribution >= 4 is 27.6 Å². The van der Waals surface area contributed by atoms with Crippen molar-refractivity contribution in [2.24, 2.45) is 0 Å². The van der Waals surface area contributed by atoms with E-state index in [0.717, 1.165) is 37.5 Å². The molecule has 40 heavy (non-hydrogen) atoms. The fourth-order valence-corrected chi connectivity index (χ4v) is 6.84. The van der Waals surface area contributed by atoms with Crippen molar-refractivity contribution in [1.82, 2.24) is 4.48 Å². The molecule has 2 heteroatoms. The summed E-state index contributed by atoms with van der Waals surface area (Å²) in [5.41, 5.74) is 12.1. The van der Waals surface area contributed by atoms with Gasteiger partial charge in [0.1, 0.15) is 29.1 Å². The van der Waals surface area contributed by atoms with Crippen molar-refractivity contribution < 1.29 is 4.42 Å². The van der Waals surface area contributed by atoms with Gasteiger partial charge < -0.3 is 4.42 Å². The lowest BCUT2D eigenvalue weighted by atomic mass is 9.82. The highest BCUT2D eigenvalue weighted by Crippen LogP contribution is 2.54. The molecule has 8 rings (SSSR count). The fourth-order valence-electron chi connectivity index (χ4n) is 6.84. The van der Waals surface area contributed by atoms with E-state index in [1.165, 1.54) is 33.5 Å². The Morgan fingerprint density at radius 1 is 0.675 bits per heavy atom. The van der Waals surface area contributed by atoms with Gasteiger partial charge in [-0.2, -0.15) is 0 Å². The molecule has 0 amide bonds. The van der Waals surface area contributed by atoms with Gasteiger partial charge in [-0.25, -0.2) is 0 Å². The third-order valence-electron chi connectivity index (χ3n) is 9.05. The second-order valence-electron chi connectivity index (χ2n) is 11.3. The zero-order valence-electron chi connectivity index (χ0n) is 22.7. The number of allylic oxidation sites excluding steroid dienone is 2. The summed E-state index contributed by atoms with van der Waals surface area (Å²) in [6, 6.07) is 41.6. The number of rotatable bonds is 4. The molecule has 0 N–H and O–H groups in total. The standard InChI is InChI=1S/C38H30NO/c1-25(26-11-5-3-6-12-26)29-20-22-36-34-23-28(19-21-35(34)39(36,2)24-29)31-16-10-18-33-32-17-9-15-30(37(32)40-38(31)33)27-13-7-4-8-14-27/h3-25,36H,1-2H3/q+1. The van der Waals surface area contributed by atoms with Crippen LogP contribution in [0.25, 0.3) is 44.2 Å². The SMILES string of the molecule is CC(C1=C[N+]2(C)c3ccc(-c4cccc5c4oc4c(-c6ccccc6)cccc45)cc3C2C=C1)c1ccccc1. The van der Waals surface area contributed by atoms with Gasteiger partial charge in [0.2, 0.25) is 0 Å². The Balaban J connectivity index is 1.21. The lowest BCUT2D eigenvalue weighted by molar-refractivity contribution is 0.321. The van der Waals surface area contributed by atoms with Crippen LogP contribution in [0.15, 0.2) is 144 Å². The maximum absolute atomic E-state index is 6.69. The molecule has 2 aliphatic rings. The lowest BCUT2D eigenvalue weighted by Gasteiger charge is -2.48. The molecular weight excluding hydrogens is 486 g/mol. The third kappa shape index (κ3) is 3.33. The van der Waals surface area contributed by atoms with Gasteiger partial charge in [-0.05, 0) is 34.9 Å². The van der Waals surface area contributed by atoms with Crippen LogP contribution in [0, 0.1) is 0 Å². The summed E-state index contributed by atoms with van der Waals surface area (Å²) >= 11 is 0. The van der Waals surface area contributed by atoms with Crippen molar-refractivity contribution in [3.8, 4) is 22.3 Å². The van der Waals surface area contributed by atoms with Gasteiger partial charge in [-0.3, -0.25) is 4.48 Å². The summed E-state index contributed by atoms with van der Waals surface area (Å²) in [7, 11) is 2.33. The van der Waals surface area contributed by atoms with Crippen LogP contribution in [0.2, 0.25) is 0 Å². The number of hydrogen-bond donors (Lipinski definition) is 0. The van der Waals surface area contributed by atoms with Gasteiger partial charge in [-0.1, -0.05) is 110 Å². The summed E-state index contributed by atoms with van der Waals surface area (Å²) < 4.78 is 7.52. The van der Waals surface area contributed by atoms with E-state index < -0.39 is 0 Å². The molecule has 3 heterocycles. The Kier molecular flexibility index (Phi) is 5.04. The van der Waals surface area contributed by atoms with Crippen molar-refractivity contribution in [1.29, 1.82) is 0 Å². The van der Waals surface area contributed by atoms with E-state index in [-0.39, 0.29) is 0 Å². The zero-order valence-corrected chi connectivity index (χ0v) is 22.7. The van der Waals surface area contributed by atoms with Crippen LogP contribution in [0.1, 0.15) is 30.0 Å². The number of furan rings is 1. The van der Waals surface area contributed by atoms with Crippen LogP contribution in [0.4, 0.5) is 5.69 Å². The second-order valence-corrected chi connectivity index (χ2v) is 11.3. The Morgan fingerprint density at radius 2 is 1.32 bits per heavy atom. The molecule has 2 aliphatic heterocycles. The molecule has 0 aliphatic carbocycles. The van der Waals surface area contributed by atoms with Crippen LogP contribution < -0.4 is 4.48 Å². The molecule has 6 aromatic rings. The molecule has 0 fully saturated rings. The largest absolute Gasteiger partial charge is 0.455 e. The van der Waals surface area contributed by atoms with Crippen LogP contribution in [0.3, 0.4) is 0 Å². The summed E-state index contributed by atoms with van der Waals surface area (Å²) in [5, 5.41) is 2.32. The first kappa shape index (κ1) is 23.2. The van der Waals surface area contributed by atoms with Gasteiger partial charge >= 0.3 is 0 Å². The number of quaternary nitrogens is 1. The third-order valence-corrected chi connectivity index (χ3v) is 9.05. The highest BCUT2D eigenvalue weighted by molar-refractivity contribution is 6.13. The first-order valence-electron chi connectivity index (χ1n) is 14.1. The smallest absolute Gasteiger partial charge is 0.148 e. The monoisotopic (exact) mass is 516 g/mol. The molecule has 5 aromatic carbocycles. The van der Waals surface area contributed by atoms with Crippen LogP contribution in [0.5, 0.6) is 0 Å². The summed E-state index contributed by atoms with van der Waals surface area (Å²) in [4.78, 5) is 0. The molecule has 0 saturated heterocycles. The van der Waals surface area contributed by atoms with E-state index in [4.69, 9.17) is 4.42 Å². The molecule has 1 aromatic heterocycles. The van der Waals surface area contributed by atoms with E-state index in [1.54, 1.807) is 0 Å². The second kappa shape index (κ2) is 8.67. The molecule has 3 atom stereocenters. The molecule has 2 nitrogen and oxygen atoms in total. The van der Waals surface area contributed by atoms with Crippen molar-refractivity contribution in [3.63, 3.8) is 0 Å². The summed E-state index contributed by atoms with van der Waals surface area (Å²) in [6.45, 7) is 2.30. The zero-order chi connectivity index (χ0) is 26.8. The van der Waals surface area contributed by atoms with Crippen LogP contribution >= 0.6 is 0 Å². The van der Waals surface area contributed by atoms with Gasteiger partial charge in [0.25, 0.3) is 0 Å². The van der Waals surface area contributed by atoms with Crippen molar-refractivity contribution in [3.05, 3.63) is 150 Å². The predicted molar refractivity (Wildman–Crippen MR) is 167 cm³/mol. The van der Waals surface area contributed by atoms with Gasteiger partial charge in [0, 0.05) is 39.5 Å². The highest BCUT2D eigenvalue weighted by atomic mass is 16.3. The normalized spacial score (nSPS) is 20.1. The number of nitrogens with zero attached hydrogens (tertiary/aromatic N) is 1. The minimum atomic E-state index is 0.334. The number of fused-ring (bicyclic) bond motifs is 7. The number of benzene rings is 5. The van der Waals surface area contributed by atoms with E-state index in [2.05, 4.69) is 148 Å². The Bertz CT molecular complexity index is 1980. The average Bonchev–Trinajstić information content (AvgIpc) is 3.40. The average molecular weight is 517 g/mol. The van der Waals surface area contributed by atoms with E-state index >= 15 is 0 Å². The summed E-state index contributed by atoms with van der Waals surface area (Å²) in [6.07, 6.45) is 7.19. The van der Waals surface area contributed by atoms with E-state index in [9.17, 15) is 0 Å². The molecule has 0 bridgehead atoms. The minimum absolute atomic E-state index is 0.334. The van der Waals surface area contributed by atoms with Gasteiger partial charge in [0.15, 0.2) is 0 Å². The minimum Gasteiger partial charge on any atom is -0.455 e. The number of para-hydroxylation sites is 2. The molecule has 192 valence electrons. The maximum Gasteiger partial charge on any atom is 0.148 e. The van der Waals surface area contributed by atoms with Crippen LogP contribution in [-0.2, 0) is 0 Å². The Hall–Kier alpha value is -4.66. The fraction of sp³-hybridized carbons (Fsp3) is 0.105. The van der Waals surface area contributed by atoms with Crippen molar-refractivity contribution in [2.45, 2.75) is 18.9 Å². The lowest BCUT2D eigenvalue weighted by Crippen LogP contribution is -2.52. The van der Waals surface area contributed by atoms with E-state index in [0.29, 0.717) is 12.0 Å². The molecule has 0 radical (unpaired) electrons. The van der Waals surface area contributed by atoms with Crippen molar-refractivity contribution in [2.75, 3.05) is 7.05 Å². The molecular formula is C38H30NO+.